The molecule has 0 fully saturated rings. The van der Waals surface area contributed by atoms with Gasteiger partial charge in [-0.2, -0.15) is 13.2 Å². The Hall–Kier alpha value is -1.97. The van der Waals surface area contributed by atoms with Crippen molar-refractivity contribution in [2.75, 3.05) is 0 Å². The Morgan fingerprint density at radius 3 is 2.25 bits per heavy atom. The molecule has 24 heavy (non-hydrogen) atoms. The van der Waals surface area contributed by atoms with Crippen molar-refractivity contribution >= 4 is 17.6 Å². The van der Waals surface area contributed by atoms with Gasteiger partial charge in [0.25, 0.3) is 0 Å². The summed E-state index contributed by atoms with van der Waals surface area (Å²) >= 11 is 0. The van der Waals surface area contributed by atoms with Crippen LogP contribution in [0, 0.1) is 0 Å². The fraction of sp³-hybridized carbons (Fsp3) is 0.300. The van der Waals surface area contributed by atoms with Gasteiger partial charge >= 0.3 is 6.18 Å². The van der Waals surface area contributed by atoms with Crippen LogP contribution in [-0.4, -0.2) is 6.71 Å². The summed E-state index contributed by atoms with van der Waals surface area (Å²) in [6.07, 6.45) is -1.03. The number of halogens is 3. The second-order valence-corrected chi connectivity index (χ2v) is 6.25. The Labute approximate surface area is 142 Å². The summed E-state index contributed by atoms with van der Waals surface area (Å²) in [6.45, 7) is 7.77. The van der Waals surface area contributed by atoms with Crippen LogP contribution in [0.15, 0.2) is 60.6 Å². The highest BCUT2D eigenvalue weighted by Crippen LogP contribution is 2.28. The number of rotatable bonds is 6. The molecule has 0 nitrogen and oxygen atoms in total. The first-order valence-corrected chi connectivity index (χ1v) is 8.24. The first-order valence-electron chi connectivity index (χ1n) is 8.24. The minimum absolute atomic E-state index is 0.229. The summed E-state index contributed by atoms with van der Waals surface area (Å²) < 4.78 is 39.0. The van der Waals surface area contributed by atoms with E-state index in [1.807, 2.05) is 19.1 Å². The minimum atomic E-state index is -4.33. The molecule has 0 N–H and O–H groups in total. The molecular formula is C20H22BF3. The standard InChI is InChI=1S/C20H22BF3/c1-4-5-7-16-10-12-18(13-11-16)21(15(2)3)19-9-6-8-17(14-19)20(22,23)24/h6,8-14H,2,4-5,7H2,1,3H3. The summed E-state index contributed by atoms with van der Waals surface area (Å²) in [6, 6.07) is 13.7. The van der Waals surface area contributed by atoms with E-state index in [0.29, 0.717) is 5.46 Å². The molecule has 0 spiro atoms. The van der Waals surface area contributed by atoms with E-state index in [2.05, 4.69) is 25.6 Å². The lowest BCUT2D eigenvalue weighted by molar-refractivity contribution is -0.137. The first kappa shape index (κ1) is 18.4. The van der Waals surface area contributed by atoms with Crippen LogP contribution in [0.25, 0.3) is 0 Å². The molecule has 0 heterocycles. The molecule has 0 aliphatic heterocycles. The predicted octanol–water partition coefficient (Wildman–Crippen LogP) is 4.77. The summed E-state index contributed by atoms with van der Waals surface area (Å²) in [5, 5.41) is 0. The summed E-state index contributed by atoms with van der Waals surface area (Å²) in [5.41, 5.74) is 3.06. The van der Waals surface area contributed by atoms with Gasteiger partial charge in [0.05, 0.1) is 5.56 Å². The van der Waals surface area contributed by atoms with E-state index in [1.165, 1.54) is 17.7 Å². The van der Waals surface area contributed by atoms with Gasteiger partial charge in [0, 0.05) is 0 Å². The Morgan fingerprint density at radius 2 is 1.71 bits per heavy atom. The molecule has 0 amide bonds. The number of unbranched alkanes of at least 4 members (excludes halogenated alkanes) is 1. The fourth-order valence-corrected chi connectivity index (χ4v) is 2.91. The molecule has 0 bridgehead atoms. The predicted molar refractivity (Wildman–Crippen MR) is 96.3 cm³/mol. The second kappa shape index (κ2) is 7.74. The minimum Gasteiger partial charge on any atom is -0.166 e. The summed E-state index contributed by atoms with van der Waals surface area (Å²) in [4.78, 5) is 0. The van der Waals surface area contributed by atoms with Crippen molar-refractivity contribution in [3.05, 3.63) is 71.7 Å². The van der Waals surface area contributed by atoms with Crippen molar-refractivity contribution < 1.29 is 13.2 Å². The van der Waals surface area contributed by atoms with Crippen LogP contribution in [0.5, 0.6) is 0 Å². The third kappa shape index (κ3) is 4.53. The molecule has 0 aliphatic rings. The van der Waals surface area contributed by atoms with Gasteiger partial charge in [0.2, 0.25) is 6.71 Å². The Balaban J connectivity index is 2.35. The lowest BCUT2D eigenvalue weighted by Crippen LogP contribution is -2.43. The van der Waals surface area contributed by atoms with Crippen LogP contribution < -0.4 is 10.9 Å². The maximum atomic E-state index is 13.0. The van der Waals surface area contributed by atoms with E-state index < -0.39 is 11.7 Å². The number of hydrogen-bond donors (Lipinski definition) is 0. The normalized spacial score (nSPS) is 11.4. The molecule has 2 aromatic carbocycles. The number of allylic oxidation sites excluding steroid dienone is 1. The van der Waals surface area contributed by atoms with Crippen LogP contribution in [0.2, 0.25) is 0 Å². The van der Waals surface area contributed by atoms with Crippen molar-refractivity contribution in [3.8, 4) is 0 Å². The van der Waals surface area contributed by atoms with Crippen LogP contribution in [0.1, 0.15) is 37.8 Å². The zero-order valence-electron chi connectivity index (χ0n) is 14.2. The molecule has 0 aliphatic carbocycles. The van der Waals surface area contributed by atoms with Gasteiger partial charge in [0.1, 0.15) is 0 Å². The van der Waals surface area contributed by atoms with E-state index in [0.717, 1.165) is 36.3 Å². The van der Waals surface area contributed by atoms with Gasteiger partial charge in [-0.25, -0.2) is 0 Å². The third-order valence-electron chi connectivity index (χ3n) is 4.17. The molecule has 0 unspecified atom stereocenters. The van der Waals surface area contributed by atoms with Crippen molar-refractivity contribution in [2.24, 2.45) is 0 Å². The highest BCUT2D eigenvalue weighted by atomic mass is 19.4. The number of aryl methyl sites for hydroxylation is 1. The van der Waals surface area contributed by atoms with Crippen LogP contribution >= 0.6 is 0 Å². The van der Waals surface area contributed by atoms with Crippen molar-refractivity contribution in [1.82, 2.24) is 0 Å². The SMILES string of the molecule is C=C(C)B(c1ccc(CCCC)cc1)c1cccc(C(F)(F)F)c1. The maximum Gasteiger partial charge on any atom is 0.416 e. The van der Waals surface area contributed by atoms with Gasteiger partial charge in [-0.1, -0.05) is 79.7 Å². The molecule has 0 radical (unpaired) electrons. The van der Waals surface area contributed by atoms with Gasteiger partial charge in [-0.15, -0.1) is 12.1 Å². The molecule has 4 heteroatoms. The quantitative estimate of drug-likeness (QED) is 0.669. The highest BCUT2D eigenvalue weighted by Gasteiger charge is 2.31. The average Bonchev–Trinajstić information content (AvgIpc) is 2.53. The van der Waals surface area contributed by atoms with Crippen molar-refractivity contribution in [2.45, 2.75) is 39.3 Å². The largest absolute Gasteiger partial charge is 0.416 e. The Kier molecular flexibility index (Phi) is 5.92. The van der Waals surface area contributed by atoms with E-state index in [4.69, 9.17) is 0 Å². The van der Waals surface area contributed by atoms with Gasteiger partial charge in [-0.05, 0) is 18.4 Å². The Bertz CT molecular complexity index is 687. The van der Waals surface area contributed by atoms with E-state index >= 15 is 0 Å². The number of alkyl halides is 3. The van der Waals surface area contributed by atoms with Crippen LogP contribution in [0.3, 0.4) is 0 Å². The molecule has 2 aromatic rings. The third-order valence-corrected chi connectivity index (χ3v) is 4.17. The number of hydrogen-bond acceptors (Lipinski definition) is 0. The summed E-state index contributed by atoms with van der Waals surface area (Å²) in [7, 11) is 0. The van der Waals surface area contributed by atoms with Gasteiger partial charge < -0.3 is 0 Å². The Morgan fingerprint density at radius 1 is 1.04 bits per heavy atom. The molecule has 2 rings (SSSR count). The highest BCUT2D eigenvalue weighted by molar-refractivity contribution is 6.90. The maximum absolute atomic E-state index is 13.0. The lowest BCUT2D eigenvalue weighted by atomic mass is 9.37. The van der Waals surface area contributed by atoms with Gasteiger partial charge in [-0.3, -0.25) is 0 Å². The van der Waals surface area contributed by atoms with Gasteiger partial charge in [0.15, 0.2) is 0 Å². The average molecular weight is 330 g/mol. The topological polar surface area (TPSA) is 0 Å². The molecule has 126 valence electrons. The van der Waals surface area contributed by atoms with Crippen molar-refractivity contribution in [1.29, 1.82) is 0 Å². The van der Waals surface area contributed by atoms with E-state index in [-0.39, 0.29) is 6.71 Å². The smallest absolute Gasteiger partial charge is 0.166 e. The van der Waals surface area contributed by atoms with E-state index in [9.17, 15) is 13.2 Å². The monoisotopic (exact) mass is 330 g/mol. The molecular weight excluding hydrogens is 308 g/mol. The summed E-state index contributed by atoms with van der Waals surface area (Å²) in [5.74, 6) is 0. The zero-order chi connectivity index (χ0) is 17.7. The van der Waals surface area contributed by atoms with Crippen molar-refractivity contribution in [3.63, 3.8) is 0 Å². The molecule has 0 saturated carbocycles. The lowest BCUT2D eigenvalue weighted by Gasteiger charge is -2.17. The zero-order valence-corrected chi connectivity index (χ0v) is 14.2. The second-order valence-electron chi connectivity index (χ2n) is 6.25. The van der Waals surface area contributed by atoms with Crippen LogP contribution in [0.4, 0.5) is 13.2 Å². The van der Waals surface area contributed by atoms with Crippen LogP contribution in [-0.2, 0) is 12.6 Å². The molecule has 0 atom stereocenters. The molecule has 0 saturated heterocycles. The van der Waals surface area contributed by atoms with E-state index in [1.54, 1.807) is 6.07 Å². The fourth-order valence-electron chi connectivity index (χ4n) is 2.91. The first-order chi connectivity index (χ1) is 11.3. The molecule has 0 aromatic heterocycles. The number of benzene rings is 2.